The fourth-order valence-electron chi connectivity index (χ4n) is 3.87. The Hall–Kier alpha value is -1.80. The molecule has 22 heavy (non-hydrogen) atoms. The second kappa shape index (κ2) is 5.44. The van der Waals surface area contributed by atoms with Gasteiger partial charge in [-0.3, -0.25) is 4.98 Å². The predicted octanol–water partition coefficient (Wildman–Crippen LogP) is 3.62. The van der Waals surface area contributed by atoms with Crippen molar-refractivity contribution >= 4 is 32.9 Å². The summed E-state index contributed by atoms with van der Waals surface area (Å²) in [5.74, 6) is 0. The summed E-state index contributed by atoms with van der Waals surface area (Å²) in [5, 5.41) is 11.2. The standard InChI is InChI=1S/C17H20N4S/c18-10-13-15-14(17(19)22-13)16(21-8-4-1-5-9-21)11-6-2-3-7-12(11)20-15/h1-9,19H2. The topological polar surface area (TPSA) is 65.9 Å². The first-order valence-corrected chi connectivity index (χ1v) is 9.00. The number of aromatic nitrogens is 1. The second-order valence-corrected chi connectivity index (χ2v) is 7.32. The van der Waals surface area contributed by atoms with Crippen molar-refractivity contribution in [2.24, 2.45) is 0 Å². The molecule has 1 fully saturated rings. The third kappa shape index (κ3) is 2.05. The number of anilines is 2. The van der Waals surface area contributed by atoms with Gasteiger partial charge in [-0.2, -0.15) is 5.26 Å². The van der Waals surface area contributed by atoms with E-state index in [1.165, 1.54) is 60.4 Å². The highest BCUT2D eigenvalue weighted by Crippen LogP contribution is 2.44. The van der Waals surface area contributed by atoms with Crippen LogP contribution >= 0.6 is 11.3 Å². The van der Waals surface area contributed by atoms with Gasteiger partial charge in [0.2, 0.25) is 0 Å². The molecule has 4 rings (SSSR count). The summed E-state index contributed by atoms with van der Waals surface area (Å²) in [5.41, 5.74) is 11.0. The van der Waals surface area contributed by atoms with Crippen LogP contribution in [0, 0.1) is 11.3 Å². The van der Waals surface area contributed by atoms with Crippen LogP contribution in [-0.4, -0.2) is 18.1 Å². The van der Waals surface area contributed by atoms with Crippen LogP contribution in [0.15, 0.2) is 0 Å². The van der Waals surface area contributed by atoms with Crippen LogP contribution in [0.5, 0.6) is 0 Å². The molecule has 2 aromatic heterocycles. The summed E-state index contributed by atoms with van der Waals surface area (Å²) in [7, 11) is 0. The molecule has 4 nitrogen and oxygen atoms in total. The van der Waals surface area contributed by atoms with E-state index in [1.54, 1.807) is 0 Å². The molecule has 3 heterocycles. The summed E-state index contributed by atoms with van der Waals surface area (Å²) in [6.07, 6.45) is 8.37. The average molecular weight is 312 g/mol. The van der Waals surface area contributed by atoms with E-state index in [0.717, 1.165) is 41.8 Å². The Morgan fingerprint density at radius 2 is 1.86 bits per heavy atom. The zero-order chi connectivity index (χ0) is 15.1. The summed E-state index contributed by atoms with van der Waals surface area (Å²) >= 11 is 1.39. The quantitative estimate of drug-likeness (QED) is 0.873. The highest BCUT2D eigenvalue weighted by molar-refractivity contribution is 7.18. The first-order valence-electron chi connectivity index (χ1n) is 8.18. The van der Waals surface area contributed by atoms with E-state index < -0.39 is 0 Å². The summed E-state index contributed by atoms with van der Waals surface area (Å²) in [6, 6.07) is 2.29. The number of pyridine rings is 1. The maximum absolute atomic E-state index is 9.41. The first-order chi connectivity index (χ1) is 10.8. The van der Waals surface area contributed by atoms with Gasteiger partial charge in [0.1, 0.15) is 16.5 Å². The monoisotopic (exact) mass is 312 g/mol. The van der Waals surface area contributed by atoms with Crippen molar-refractivity contribution < 1.29 is 0 Å². The molecule has 0 saturated carbocycles. The van der Waals surface area contributed by atoms with Crippen molar-refractivity contribution in [2.45, 2.75) is 44.9 Å². The highest BCUT2D eigenvalue weighted by Gasteiger charge is 2.26. The average Bonchev–Trinajstić information content (AvgIpc) is 2.89. The van der Waals surface area contributed by atoms with E-state index in [9.17, 15) is 5.26 Å². The molecule has 1 aliphatic carbocycles. The van der Waals surface area contributed by atoms with Gasteiger partial charge in [-0.1, -0.05) is 0 Å². The molecule has 2 aliphatic rings. The summed E-state index contributed by atoms with van der Waals surface area (Å²) < 4.78 is 0. The number of nitriles is 1. The Kier molecular flexibility index (Phi) is 3.42. The second-order valence-electron chi connectivity index (χ2n) is 6.27. The van der Waals surface area contributed by atoms with Crippen LogP contribution < -0.4 is 10.6 Å². The Morgan fingerprint density at radius 1 is 1.09 bits per heavy atom. The van der Waals surface area contributed by atoms with E-state index in [4.69, 9.17) is 10.7 Å². The number of piperidine rings is 1. The van der Waals surface area contributed by atoms with Gasteiger partial charge in [0.05, 0.1) is 16.1 Å². The van der Waals surface area contributed by atoms with Crippen molar-refractivity contribution in [1.29, 1.82) is 5.26 Å². The zero-order valence-electron chi connectivity index (χ0n) is 12.7. The Labute approximate surface area is 134 Å². The third-order valence-electron chi connectivity index (χ3n) is 4.89. The molecule has 0 radical (unpaired) electrons. The van der Waals surface area contributed by atoms with Crippen molar-refractivity contribution in [2.75, 3.05) is 23.7 Å². The molecule has 1 aliphatic heterocycles. The third-order valence-corrected chi connectivity index (χ3v) is 5.81. The van der Waals surface area contributed by atoms with E-state index >= 15 is 0 Å². The Bertz CT molecular complexity index is 765. The molecular formula is C17H20N4S. The molecule has 0 unspecified atom stereocenters. The number of thiophene rings is 1. The van der Waals surface area contributed by atoms with Crippen LogP contribution in [0.1, 0.15) is 48.2 Å². The molecule has 0 atom stereocenters. The van der Waals surface area contributed by atoms with Gasteiger partial charge in [0.25, 0.3) is 0 Å². The number of fused-ring (bicyclic) bond motifs is 2. The molecule has 0 amide bonds. The maximum Gasteiger partial charge on any atom is 0.133 e. The van der Waals surface area contributed by atoms with Crippen LogP contribution in [0.4, 0.5) is 10.7 Å². The number of rotatable bonds is 1. The fourth-order valence-corrected chi connectivity index (χ4v) is 4.68. The number of nitrogens with two attached hydrogens (primary N) is 1. The number of hydrogen-bond donors (Lipinski definition) is 1. The van der Waals surface area contributed by atoms with E-state index in [2.05, 4.69) is 11.0 Å². The summed E-state index contributed by atoms with van der Waals surface area (Å²) in [6.45, 7) is 2.20. The van der Waals surface area contributed by atoms with Gasteiger partial charge < -0.3 is 10.6 Å². The molecule has 5 heteroatoms. The largest absolute Gasteiger partial charge is 0.390 e. The maximum atomic E-state index is 9.41. The minimum atomic E-state index is 0.666. The fraction of sp³-hybridized carbons (Fsp3) is 0.529. The first kappa shape index (κ1) is 13.8. The number of nitrogens with zero attached hydrogens (tertiary/aromatic N) is 3. The smallest absolute Gasteiger partial charge is 0.133 e. The Morgan fingerprint density at radius 3 is 2.64 bits per heavy atom. The molecule has 0 aromatic carbocycles. The van der Waals surface area contributed by atoms with Crippen LogP contribution in [0.3, 0.4) is 0 Å². The van der Waals surface area contributed by atoms with Crippen LogP contribution in [-0.2, 0) is 12.8 Å². The lowest BCUT2D eigenvalue weighted by Gasteiger charge is -2.33. The Balaban J connectivity index is 2.01. The molecule has 2 aromatic rings. The molecule has 114 valence electrons. The lowest BCUT2D eigenvalue weighted by Crippen LogP contribution is -2.31. The normalized spacial score (nSPS) is 18.2. The number of nitrogen functional groups attached to an aromatic ring is 1. The lowest BCUT2D eigenvalue weighted by atomic mass is 9.92. The predicted molar refractivity (Wildman–Crippen MR) is 91.5 cm³/mol. The van der Waals surface area contributed by atoms with Gasteiger partial charge >= 0.3 is 0 Å². The number of aryl methyl sites for hydroxylation is 1. The highest BCUT2D eigenvalue weighted by atomic mass is 32.1. The number of hydrogen-bond acceptors (Lipinski definition) is 5. The molecule has 1 saturated heterocycles. The molecule has 0 spiro atoms. The van der Waals surface area contributed by atoms with Crippen LogP contribution in [0.25, 0.3) is 10.9 Å². The minimum Gasteiger partial charge on any atom is -0.390 e. The van der Waals surface area contributed by atoms with E-state index in [0.29, 0.717) is 4.88 Å². The summed E-state index contributed by atoms with van der Waals surface area (Å²) in [4.78, 5) is 8.01. The zero-order valence-corrected chi connectivity index (χ0v) is 13.5. The van der Waals surface area contributed by atoms with E-state index in [1.807, 2.05) is 0 Å². The lowest BCUT2D eigenvalue weighted by molar-refractivity contribution is 0.573. The van der Waals surface area contributed by atoms with Gasteiger partial charge in [0.15, 0.2) is 0 Å². The molecular weight excluding hydrogens is 292 g/mol. The van der Waals surface area contributed by atoms with Crippen molar-refractivity contribution in [1.82, 2.24) is 4.98 Å². The molecule has 2 N–H and O–H groups in total. The van der Waals surface area contributed by atoms with E-state index in [-0.39, 0.29) is 0 Å². The van der Waals surface area contributed by atoms with Crippen LogP contribution in [0.2, 0.25) is 0 Å². The van der Waals surface area contributed by atoms with Crippen molar-refractivity contribution in [3.63, 3.8) is 0 Å². The van der Waals surface area contributed by atoms with Crippen molar-refractivity contribution in [3.8, 4) is 6.07 Å². The van der Waals surface area contributed by atoms with Crippen molar-refractivity contribution in [3.05, 3.63) is 16.1 Å². The van der Waals surface area contributed by atoms with Gasteiger partial charge in [-0.25, -0.2) is 0 Å². The van der Waals surface area contributed by atoms with Gasteiger partial charge in [-0.05, 0) is 50.5 Å². The van der Waals surface area contributed by atoms with Gasteiger partial charge in [0, 0.05) is 18.8 Å². The SMILES string of the molecule is N#Cc1sc(N)c2c(N3CCCCC3)c3c(nc12)CCCC3. The van der Waals surface area contributed by atoms with Gasteiger partial charge in [-0.15, -0.1) is 11.3 Å². The molecule has 0 bridgehead atoms. The minimum absolute atomic E-state index is 0.666.